The van der Waals surface area contributed by atoms with Gasteiger partial charge in [-0.1, -0.05) is 55.4 Å². The van der Waals surface area contributed by atoms with Crippen LogP contribution in [0.1, 0.15) is 25.3 Å². The Labute approximate surface area is 154 Å². The van der Waals surface area contributed by atoms with Gasteiger partial charge in [0.1, 0.15) is 0 Å². The van der Waals surface area contributed by atoms with Crippen molar-refractivity contribution in [3.05, 3.63) is 53.1 Å². The number of fused-ring (bicyclic) bond motifs is 1. The number of carbonyl (C=O) groups excluding carboxylic acids is 1. The maximum atomic E-state index is 12.3. The Hall–Kier alpha value is -1.56. The van der Waals surface area contributed by atoms with Crippen molar-refractivity contribution in [2.24, 2.45) is 0 Å². The van der Waals surface area contributed by atoms with E-state index >= 15 is 0 Å². The van der Waals surface area contributed by atoms with Crippen LogP contribution in [0.2, 0.25) is 5.02 Å². The Morgan fingerprint density at radius 2 is 2.08 bits per heavy atom. The van der Waals surface area contributed by atoms with Gasteiger partial charge in [0, 0.05) is 10.7 Å². The zero-order valence-electron chi connectivity index (χ0n) is 13.4. The van der Waals surface area contributed by atoms with Crippen molar-refractivity contribution in [2.45, 2.75) is 24.1 Å². The summed E-state index contributed by atoms with van der Waals surface area (Å²) in [5.41, 5.74) is 2.90. The van der Waals surface area contributed by atoms with Crippen LogP contribution in [0.4, 0.5) is 5.69 Å². The minimum atomic E-state index is -0.0228. The molecule has 0 spiro atoms. The number of nitrogens with zero attached hydrogens (tertiary/aromatic N) is 1. The van der Waals surface area contributed by atoms with Crippen LogP contribution in [0.15, 0.2) is 46.8 Å². The van der Waals surface area contributed by atoms with E-state index in [0.29, 0.717) is 16.7 Å². The van der Waals surface area contributed by atoms with Crippen LogP contribution in [0.5, 0.6) is 0 Å². The molecule has 3 rings (SSSR count). The van der Waals surface area contributed by atoms with Gasteiger partial charge in [0.15, 0.2) is 4.34 Å². The number of aromatic nitrogens is 1. The zero-order valence-corrected chi connectivity index (χ0v) is 15.8. The highest BCUT2D eigenvalue weighted by Crippen LogP contribution is 2.31. The Morgan fingerprint density at radius 3 is 2.88 bits per heavy atom. The molecule has 0 aliphatic heterocycles. The van der Waals surface area contributed by atoms with Gasteiger partial charge in [-0.25, -0.2) is 4.98 Å². The fourth-order valence-corrected chi connectivity index (χ4v) is 4.38. The number of thiazole rings is 1. The fourth-order valence-electron chi connectivity index (χ4n) is 2.37. The number of amides is 1. The molecule has 0 bridgehead atoms. The third-order valence-electron chi connectivity index (χ3n) is 3.51. The third kappa shape index (κ3) is 4.09. The topological polar surface area (TPSA) is 42.0 Å². The highest BCUT2D eigenvalue weighted by atomic mass is 35.5. The van der Waals surface area contributed by atoms with Gasteiger partial charge in [-0.2, -0.15) is 0 Å². The predicted molar refractivity (Wildman–Crippen MR) is 105 cm³/mol. The summed E-state index contributed by atoms with van der Waals surface area (Å²) in [6.45, 7) is 4.23. The van der Waals surface area contributed by atoms with E-state index in [1.165, 1.54) is 11.8 Å². The van der Waals surface area contributed by atoms with Gasteiger partial charge in [0.2, 0.25) is 5.91 Å². The first-order valence-corrected chi connectivity index (χ1v) is 9.78. The first-order chi connectivity index (χ1) is 11.5. The van der Waals surface area contributed by atoms with Crippen LogP contribution < -0.4 is 5.32 Å². The lowest BCUT2D eigenvalue weighted by Crippen LogP contribution is -2.15. The Balaban J connectivity index is 1.65. The summed E-state index contributed by atoms with van der Waals surface area (Å²) < 4.78 is 1.95. The van der Waals surface area contributed by atoms with E-state index < -0.39 is 0 Å². The lowest BCUT2D eigenvalue weighted by Gasteiger charge is -2.13. The summed E-state index contributed by atoms with van der Waals surface area (Å²) in [5.74, 6) is 0.675. The largest absolute Gasteiger partial charge is 0.325 e. The number of anilines is 1. The molecule has 2 aromatic carbocycles. The van der Waals surface area contributed by atoms with Gasteiger partial charge in [-0.3, -0.25) is 4.79 Å². The van der Waals surface area contributed by atoms with Gasteiger partial charge in [-0.05, 0) is 35.7 Å². The van der Waals surface area contributed by atoms with E-state index in [1.807, 2.05) is 42.5 Å². The van der Waals surface area contributed by atoms with E-state index in [1.54, 1.807) is 11.3 Å². The molecule has 0 fully saturated rings. The van der Waals surface area contributed by atoms with Crippen molar-refractivity contribution in [1.29, 1.82) is 0 Å². The molecule has 0 atom stereocenters. The average molecular weight is 377 g/mol. The Kier molecular flexibility index (Phi) is 5.43. The van der Waals surface area contributed by atoms with Crippen molar-refractivity contribution >= 4 is 56.5 Å². The number of thioether (sulfide) groups is 1. The second-order valence-corrected chi connectivity index (χ2v) is 8.36. The Morgan fingerprint density at radius 1 is 1.29 bits per heavy atom. The normalized spacial score (nSPS) is 11.2. The molecule has 1 N–H and O–H groups in total. The minimum Gasteiger partial charge on any atom is -0.325 e. The second-order valence-electron chi connectivity index (χ2n) is 5.67. The van der Waals surface area contributed by atoms with Crippen molar-refractivity contribution in [3.8, 4) is 0 Å². The van der Waals surface area contributed by atoms with Crippen LogP contribution in [0.3, 0.4) is 0 Å². The molecule has 0 saturated carbocycles. The third-order valence-corrected chi connectivity index (χ3v) is 5.93. The number of carbonyl (C=O) groups is 1. The molecule has 124 valence electrons. The number of benzene rings is 2. The number of halogens is 1. The lowest BCUT2D eigenvalue weighted by atomic mass is 10.0. The summed E-state index contributed by atoms with van der Waals surface area (Å²) in [6, 6.07) is 13.6. The highest BCUT2D eigenvalue weighted by Gasteiger charge is 2.11. The van der Waals surface area contributed by atoms with E-state index in [2.05, 4.69) is 24.1 Å². The SMILES string of the molecule is CC(C)c1ccccc1NC(=O)CSc1nc2cc(Cl)ccc2s1. The standard InChI is InChI=1S/C18H17ClN2OS2/c1-11(2)13-5-3-4-6-14(13)20-17(22)10-23-18-21-15-9-12(19)7-8-16(15)24-18/h3-9,11H,10H2,1-2H3,(H,20,22). The van der Waals surface area contributed by atoms with Crippen molar-refractivity contribution in [2.75, 3.05) is 11.1 Å². The number of nitrogens with one attached hydrogen (secondary N) is 1. The summed E-state index contributed by atoms with van der Waals surface area (Å²) >= 11 is 9.00. The van der Waals surface area contributed by atoms with Crippen LogP contribution in [0.25, 0.3) is 10.2 Å². The van der Waals surface area contributed by atoms with Crippen LogP contribution in [-0.4, -0.2) is 16.6 Å². The molecule has 1 amide bonds. The molecule has 0 radical (unpaired) electrons. The second kappa shape index (κ2) is 7.55. The molecule has 24 heavy (non-hydrogen) atoms. The van der Waals surface area contributed by atoms with Crippen LogP contribution in [-0.2, 0) is 4.79 Å². The van der Waals surface area contributed by atoms with Crippen LogP contribution >= 0.6 is 34.7 Å². The van der Waals surface area contributed by atoms with Gasteiger partial charge >= 0.3 is 0 Å². The van der Waals surface area contributed by atoms with Crippen LogP contribution in [0, 0.1) is 0 Å². The van der Waals surface area contributed by atoms with Gasteiger partial charge < -0.3 is 5.32 Å². The highest BCUT2D eigenvalue weighted by molar-refractivity contribution is 8.01. The quantitative estimate of drug-likeness (QED) is 0.572. The first-order valence-electron chi connectivity index (χ1n) is 7.60. The van der Waals surface area contributed by atoms with Crippen molar-refractivity contribution in [1.82, 2.24) is 4.98 Å². The average Bonchev–Trinajstić information content (AvgIpc) is 2.95. The van der Waals surface area contributed by atoms with E-state index in [0.717, 1.165) is 25.8 Å². The number of hydrogen-bond donors (Lipinski definition) is 1. The van der Waals surface area contributed by atoms with E-state index in [9.17, 15) is 4.79 Å². The summed E-state index contributed by atoms with van der Waals surface area (Å²) in [6.07, 6.45) is 0. The van der Waals surface area contributed by atoms with E-state index in [-0.39, 0.29) is 5.91 Å². The molecule has 0 aliphatic rings. The van der Waals surface area contributed by atoms with Gasteiger partial charge in [0.25, 0.3) is 0 Å². The molecule has 3 nitrogen and oxygen atoms in total. The summed E-state index contributed by atoms with van der Waals surface area (Å²) in [5, 5.41) is 3.67. The predicted octanol–water partition coefficient (Wildman–Crippen LogP) is 5.80. The fraction of sp³-hybridized carbons (Fsp3) is 0.222. The molecule has 6 heteroatoms. The minimum absolute atomic E-state index is 0.0228. The number of rotatable bonds is 5. The zero-order chi connectivity index (χ0) is 17.1. The number of para-hydroxylation sites is 1. The van der Waals surface area contributed by atoms with Crippen molar-refractivity contribution in [3.63, 3.8) is 0 Å². The monoisotopic (exact) mass is 376 g/mol. The maximum absolute atomic E-state index is 12.3. The maximum Gasteiger partial charge on any atom is 0.234 e. The molecule has 0 saturated heterocycles. The Bertz CT molecular complexity index is 876. The molecule has 1 heterocycles. The lowest BCUT2D eigenvalue weighted by molar-refractivity contribution is -0.113. The number of hydrogen-bond acceptors (Lipinski definition) is 4. The summed E-state index contributed by atoms with van der Waals surface area (Å²) in [7, 11) is 0. The van der Waals surface area contributed by atoms with Crippen molar-refractivity contribution < 1.29 is 4.79 Å². The molecule has 0 unspecified atom stereocenters. The molecule has 1 aromatic heterocycles. The summed E-state index contributed by atoms with van der Waals surface area (Å²) in [4.78, 5) is 16.8. The first kappa shape index (κ1) is 17.3. The van der Waals surface area contributed by atoms with E-state index in [4.69, 9.17) is 11.6 Å². The van der Waals surface area contributed by atoms with Gasteiger partial charge in [-0.15, -0.1) is 11.3 Å². The smallest absolute Gasteiger partial charge is 0.234 e. The van der Waals surface area contributed by atoms with Gasteiger partial charge in [0.05, 0.1) is 16.0 Å². The molecular formula is C18H17ClN2OS2. The molecule has 3 aromatic rings. The molecular weight excluding hydrogens is 360 g/mol. The molecule has 0 aliphatic carbocycles.